The van der Waals surface area contributed by atoms with Gasteiger partial charge in [-0.05, 0) is 52.4 Å². The van der Waals surface area contributed by atoms with Gasteiger partial charge in [-0.3, -0.25) is 19.3 Å². The topological polar surface area (TPSA) is 63.7 Å². The Labute approximate surface area is 125 Å². The van der Waals surface area contributed by atoms with Crippen LogP contribution in [-0.2, 0) is 19.1 Å². The van der Waals surface area contributed by atoms with Gasteiger partial charge in [-0.15, -0.1) is 0 Å². The number of amides is 2. The number of rotatable bonds is 3. The van der Waals surface area contributed by atoms with Gasteiger partial charge < -0.3 is 4.74 Å². The van der Waals surface area contributed by atoms with Crippen LogP contribution in [0.2, 0.25) is 0 Å². The fraction of sp³-hybridized carbons (Fsp3) is 0.688. The normalized spacial score (nSPS) is 26.3. The molecule has 2 amide bonds. The molecule has 0 aromatic heterocycles. The number of hydrogen-bond donors (Lipinski definition) is 0. The number of esters is 1. The van der Waals surface area contributed by atoms with Gasteiger partial charge in [-0.25, -0.2) is 0 Å². The summed E-state index contributed by atoms with van der Waals surface area (Å²) in [7, 11) is 0. The van der Waals surface area contributed by atoms with Crippen molar-refractivity contribution in [2.45, 2.75) is 52.1 Å². The van der Waals surface area contributed by atoms with Crippen LogP contribution in [0.15, 0.2) is 12.2 Å². The molecule has 0 saturated heterocycles. The highest BCUT2D eigenvalue weighted by Crippen LogP contribution is 2.31. The van der Waals surface area contributed by atoms with Gasteiger partial charge in [0.25, 0.3) is 11.8 Å². The molecule has 2 rings (SSSR count). The second-order valence-electron chi connectivity index (χ2n) is 6.87. The van der Waals surface area contributed by atoms with E-state index in [9.17, 15) is 14.4 Å². The van der Waals surface area contributed by atoms with Crippen molar-refractivity contribution in [2.24, 2.45) is 11.8 Å². The minimum Gasteiger partial charge on any atom is -0.460 e. The lowest BCUT2D eigenvalue weighted by Crippen LogP contribution is -2.37. The summed E-state index contributed by atoms with van der Waals surface area (Å²) >= 11 is 0. The molecule has 5 heteroatoms. The molecule has 1 fully saturated rings. The molecule has 0 N–H and O–H groups in total. The van der Waals surface area contributed by atoms with Crippen molar-refractivity contribution in [3.05, 3.63) is 12.2 Å². The molecule has 116 valence electrons. The standard InChI is InChI=1S/C16H23NO4/c1-16(2,3)21-15(20)12-6-4-11(5-7-12)10-17-13(18)8-9-14(17)19/h8-9,11-12H,4-7,10H2,1-3H3. The average Bonchev–Trinajstić information content (AvgIpc) is 2.69. The third-order valence-corrected chi connectivity index (χ3v) is 3.93. The molecule has 0 bridgehead atoms. The first-order chi connectivity index (χ1) is 9.76. The zero-order valence-corrected chi connectivity index (χ0v) is 12.9. The molecule has 0 atom stereocenters. The van der Waals surface area contributed by atoms with Gasteiger partial charge in [-0.2, -0.15) is 0 Å². The quantitative estimate of drug-likeness (QED) is 0.590. The minimum atomic E-state index is -0.450. The molecule has 0 aromatic carbocycles. The number of nitrogens with zero attached hydrogens (tertiary/aromatic N) is 1. The molecule has 0 unspecified atom stereocenters. The Kier molecular flexibility index (Phi) is 4.49. The van der Waals surface area contributed by atoms with Gasteiger partial charge in [0.1, 0.15) is 5.60 Å². The molecule has 0 aromatic rings. The molecule has 0 radical (unpaired) electrons. The van der Waals surface area contributed by atoms with Crippen LogP contribution in [-0.4, -0.2) is 34.8 Å². The number of ether oxygens (including phenoxy) is 1. The van der Waals surface area contributed by atoms with Gasteiger partial charge in [0.05, 0.1) is 5.92 Å². The van der Waals surface area contributed by atoms with Gasteiger partial charge in [0, 0.05) is 18.7 Å². The summed E-state index contributed by atoms with van der Waals surface area (Å²) in [6, 6.07) is 0. The first-order valence-electron chi connectivity index (χ1n) is 7.52. The largest absolute Gasteiger partial charge is 0.460 e. The van der Waals surface area contributed by atoms with E-state index in [1.165, 1.54) is 17.1 Å². The van der Waals surface area contributed by atoms with Gasteiger partial charge in [0.15, 0.2) is 0 Å². The summed E-state index contributed by atoms with van der Waals surface area (Å²) in [5.74, 6) is -0.348. The number of imide groups is 1. The summed E-state index contributed by atoms with van der Waals surface area (Å²) in [5, 5.41) is 0. The summed E-state index contributed by atoms with van der Waals surface area (Å²) in [5.41, 5.74) is -0.450. The first-order valence-corrected chi connectivity index (χ1v) is 7.52. The van der Waals surface area contributed by atoms with Crippen LogP contribution in [0.5, 0.6) is 0 Å². The van der Waals surface area contributed by atoms with E-state index in [0.717, 1.165) is 25.7 Å². The molecule has 0 spiro atoms. The lowest BCUT2D eigenvalue weighted by molar-refractivity contribution is -0.161. The van der Waals surface area contributed by atoms with Gasteiger partial charge in [0.2, 0.25) is 0 Å². The molecule has 1 aliphatic heterocycles. The SMILES string of the molecule is CC(C)(C)OC(=O)C1CCC(CN2C(=O)C=CC2=O)CC1. The third kappa shape index (κ3) is 4.16. The molecule has 2 aliphatic rings. The summed E-state index contributed by atoms with van der Waals surface area (Å²) < 4.78 is 5.41. The van der Waals surface area contributed by atoms with Crippen LogP contribution in [0.1, 0.15) is 46.5 Å². The molecule has 1 heterocycles. The number of carbonyl (C=O) groups is 3. The van der Waals surface area contributed by atoms with Crippen molar-refractivity contribution in [3.8, 4) is 0 Å². The Morgan fingerprint density at radius 2 is 1.67 bits per heavy atom. The van der Waals surface area contributed by atoms with Crippen molar-refractivity contribution >= 4 is 17.8 Å². The van der Waals surface area contributed by atoms with Crippen LogP contribution in [0, 0.1) is 11.8 Å². The van der Waals surface area contributed by atoms with Crippen LogP contribution in [0.25, 0.3) is 0 Å². The van der Waals surface area contributed by atoms with Gasteiger partial charge >= 0.3 is 5.97 Å². The molecule has 21 heavy (non-hydrogen) atoms. The molecular weight excluding hydrogens is 270 g/mol. The monoisotopic (exact) mass is 293 g/mol. The van der Waals surface area contributed by atoms with E-state index in [0.29, 0.717) is 6.54 Å². The lowest BCUT2D eigenvalue weighted by atomic mass is 9.81. The van der Waals surface area contributed by atoms with Crippen LogP contribution < -0.4 is 0 Å². The van der Waals surface area contributed by atoms with Crippen LogP contribution in [0.4, 0.5) is 0 Å². The van der Waals surface area contributed by atoms with Crippen molar-refractivity contribution in [1.29, 1.82) is 0 Å². The second-order valence-corrected chi connectivity index (χ2v) is 6.87. The highest BCUT2D eigenvalue weighted by molar-refractivity contribution is 6.12. The minimum absolute atomic E-state index is 0.0522. The van der Waals surface area contributed by atoms with E-state index in [1.807, 2.05) is 20.8 Å². The fourth-order valence-corrected chi connectivity index (χ4v) is 2.84. The van der Waals surface area contributed by atoms with E-state index < -0.39 is 5.60 Å². The second kappa shape index (κ2) is 6.00. The van der Waals surface area contributed by atoms with Crippen LogP contribution >= 0.6 is 0 Å². The predicted molar refractivity (Wildman–Crippen MR) is 77.2 cm³/mol. The predicted octanol–water partition coefficient (Wildman–Crippen LogP) is 2.06. The first kappa shape index (κ1) is 15.7. The average molecular weight is 293 g/mol. The highest BCUT2D eigenvalue weighted by Gasteiger charge is 2.32. The molecule has 1 saturated carbocycles. The molecule has 5 nitrogen and oxygen atoms in total. The maximum atomic E-state index is 12.0. The molecular formula is C16H23NO4. The van der Waals surface area contributed by atoms with Gasteiger partial charge in [-0.1, -0.05) is 0 Å². The molecule has 1 aliphatic carbocycles. The zero-order valence-electron chi connectivity index (χ0n) is 12.9. The summed E-state index contributed by atoms with van der Waals surface area (Å²) in [6.45, 7) is 6.07. The maximum absolute atomic E-state index is 12.0. The highest BCUT2D eigenvalue weighted by atomic mass is 16.6. The lowest BCUT2D eigenvalue weighted by Gasteiger charge is -2.31. The summed E-state index contributed by atoms with van der Waals surface area (Å²) in [6.07, 6.45) is 5.86. The number of hydrogen-bond acceptors (Lipinski definition) is 4. The maximum Gasteiger partial charge on any atom is 0.309 e. The Bertz CT molecular complexity index is 449. The van der Waals surface area contributed by atoms with E-state index in [1.54, 1.807) is 0 Å². The Hall–Kier alpha value is -1.65. The van der Waals surface area contributed by atoms with Crippen molar-refractivity contribution in [1.82, 2.24) is 4.90 Å². The van der Waals surface area contributed by atoms with E-state index in [4.69, 9.17) is 4.74 Å². The Morgan fingerprint density at radius 1 is 1.14 bits per heavy atom. The Balaban J connectivity index is 1.80. The van der Waals surface area contributed by atoms with Crippen molar-refractivity contribution in [3.63, 3.8) is 0 Å². The Morgan fingerprint density at radius 3 is 2.14 bits per heavy atom. The zero-order chi connectivity index (χ0) is 15.6. The fourth-order valence-electron chi connectivity index (χ4n) is 2.84. The van der Waals surface area contributed by atoms with E-state index in [-0.39, 0.29) is 29.6 Å². The summed E-state index contributed by atoms with van der Waals surface area (Å²) in [4.78, 5) is 36.4. The smallest absolute Gasteiger partial charge is 0.309 e. The third-order valence-electron chi connectivity index (χ3n) is 3.93. The van der Waals surface area contributed by atoms with E-state index in [2.05, 4.69) is 0 Å². The van der Waals surface area contributed by atoms with Crippen LogP contribution in [0.3, 0.4) is 0 Å². The van der Waals surface area contributed by atoms with Crippen molar-refractivity contribution < 1.29 is 19.1 Å². The van der Waals surface area contributed by atoms with E-state index >= 15 is 0 Å². The number of carbonyl (C=O) groups excluding carboxylic acids is 3. The van der Waals surface area contributed by atoms with Crippen molar-refractivity contribution in [2.75, 3.05) is 6.54 Å².